The summed E-state index contributed by atoms with van der Waals surface area (Å²) in [5.74, 6) is -0.552. The van der Waals surface area contributed by atoms with Crippen molar-refractivity contribution in [2.45, 2.75) is 6.54 Å². The molecule has 1 N–H and O–H groups in total. The summed E-state index contributed by atoms with van der Waals surface area (Å²) in [6.07, 6.45) is 1.54. The van der Waals surface area contributed by atoms with E-state index < -0.39 is 10.8 Å². The molecule has 0 unspecified atom stereocenters. The quantitative estimate of drug-likeness (QED) is 0.516. The maximum Gasteiger partial charge on any atom is 0.282 e. The summed E-state index contributed by atoms with van der Waals surface area (Å²) in [5.41, 5.74) is 0.468. The van der Waals surface area contributed by atoms with E-state index in [-0.39, 0.29) is 22.1 Å². The van der Waals surface area contributed by atoms with Gasteiger partial charge in [-0.3, -0.25) is 19.6 Å². The van der Waals surface area contributed by atoms with Gasteiger partial charge in [0.1, 0.15) is 10.6 Å². The molecule has 0 fully saturated rings. The molecule has 9 heteroatoms. The van der Waals surface area contributed by atoms with Crippen molar-refractivity contribution in [2.24, 2.45) is 0 Å². The summed E-state index contributed by atoms with van der Waals surface area (Å²) in [5, 5.41) is 18.6. The van der Waals surface area contributed by atoms with E-state index in [2.05, 4.69) is 10.4 Å². The molecule has 1 aromatic heterocycles. The zero-order valence-electron chi connectivity index (χ0n) is 13.2. The molecule has 0 atom stereocenters. The van der Waals surface area contributed by atoms with Gasteiger partial charge in [0.05, 0.1) is 11.5 Å². The van der Waals surface area contributed by atoms with Gasteiger partial charge in [-0.2, -0.15) is 5.10 Å². The van der Waals surface area contributed by atoms with Crippen LogP contribution in [-0.4, -0.2) is 20.6 Å². The third-order valence-corrected chi connectivity index (χ3v) is 4.23. The van der Waals surface area contributed by atoms with Crippen LogP contribution in [0.3, 0.4) is 0 Å². The van der Waals surface area contributed by atoms with Crippen molar-refractivity contribution >= 4 is 40.6 Å². The van der Waals surface area contributed by atoms with E-state index in [1.807, 2.05) is 18.2 Å². The molecule has 0 aliphatic rings. The SMILES string of the molecule is O=C(Nc1nn(Cc2ccccc2Cl)cc1Cl)c1ccccc1[N+](=O)[O-]. The molecule has 0 saturated heterocycles. The first-order valence-corrected chi connectivity index (χ1v) is 8.22. The van der Waals surface area contributed by atoms with Gasteiger partial charge < -0.3 is 5.32 Å². The van der Waals surface area contributed by atoms with E-state index in [1.165, 1.54) is 22.9 Å². The van der Waals surface area contributed by atoms with Gasteiger partial charge in [0.2, 0.25) is 0 Å². The number of nitrogens with zero attached hydrogens (tertiary/aromatic N) is 3. The minimum Gasteiger partial charge on any atom is -0.304 e. The molecule has 1 heterocycles. The predicted octanol–water partition coefficient (Wildman–Crippen LogP) is 4.40. The lowest BCUT2D eigenvalue weighted by atomic mass is 10.1. The number of carbonyl (C=O) groups is 1. The monoisotopic (exact) mass is 390 g/mol. The van der Waals surface area contributed by atoms with Gasteiger partial charge in [-0.25, -0.2) is 0 Å². The molecule has 3 rings (SSSR count). The molecule has 26 heavy (non-hydrogen) atoms. The lowest BCUT2D eigenvalue weighted by Gasteiger charge is -2.05. The third kappa shape index (κ3) is 3.84. The number of hydrogen-bond donors (Lipinski definition) is 1. The van der Waals surface area contributed by atoms with E-state index in [9.17, 15) is 14.9 Å². The summed E-state index contributed by atoms with van der Waals surface area (Å²) in [7, 11) is 0. The van der Waals surface area contributed by atoms with E-state index in [0.717, 1.165) is 5.56 Å². The number of carbonyl (C=O) groups excluding carboxylic acids is 1. The van der Waals surface area contributed by atoms with Crippen LogP contribution in [0.1, 0.15) is 15.9 Å². The fraction of sp³-hybridized carbons (Fsp3) is 0.0588. The summed E-state index contributed by atoms with van der Waals surface area (Å²) < 4.78 is 1.53. The second kappa shape index (κ2) is 7.55. The lowest BCUT2D eigenvalue weighted by Crippen LogP contribution is -2.15. The summed E-state index contributed by atoms with van der Waals surface area (Å²) in [6, 6.07) is 12.9. The van der Waals surface area contributed by atoms with Gasteiger partial charge in [-0.15, -0.1) is 0 Å². The Morgan fingerprint density at radius 1 is 1.12 bits per heavy atom. The number of benzene rings is 2. The van der Waals surface area contributed by atoms with Gasteiger partial charge >= 0.3 is 0 Å². The first-order valence-electron chi connectivity index (χ1n) is 7.47. The normalized spacial score (nSPS) is 10.5. The molecule has 0 radical (unpaired) electrons. The van der Waals surface area contributed by atoms with Crippen LogP contribution in [0.2, 0.25) is 10.0 Å². The van der Waals surface area contributed by atoms with Crippen LogP contribution in [-0.2, 0) is 6.54 Å². The lowest BCUT2D eigenvalue weighted by molar-refractivity contribution is -0.385. The summed E-state index contributed by atoms with van der Waals surface area (Å²) in [4.78, 5) is 22.8. The minimum atomic E-state index is -0.665. The number of nitro groups is 1. The predicted molar refractivity (Wildman–Crippen MR) is 98.8 cm³/mol. The average Bonchev–Trinajstić information content (AvgIpc) is 2.96. The topological polar surface area (TPSA) is 90.1 Å². The maximum atomic E-state index is 12.4. The van der Waals surface area contributed by atoms with Crippen LogP contribution in [0.15, 0.2) is 54.7 Å². The first kappa shape index (κ1) is 17.9. The number of halogens is 2. The molecule has 2 aromatic carbocycles. The highest BCUT2D eigenvalue weighted by molar-refractivity contribution is 6.33. The Morgan fingerprint density at radius 2 is 1.81 bits per heavy atom. The molecule has 0 aliphatic heterocycles. The molecule has 132 valence electrons. The van der Waals surface area contributed by atoms with Crippen molar-refractivity contribution in [3.63, 3.8) is 0 Å². The van der Waals surface area contributed by atoms with Gasteiger partial charge in [0.15, 0.2) is 5.82 Å². The Morgan fingerprint density at radius 3 is 2.54 bits per heavy atom. The maximum absolute atomic E-state index is 12.4. The number of rotatable bonds is 5. The Balaban J connectivity index is 1.81. The molecule has 0 spiro atoms. The number of amides is 1. The number of nitrogens with one attached hydrogen (secondary N) is 1. The number of aromatic nitrogens is 2. The van der Waals surface area contributed by atoms with Crippen LogP contribution in [0, 0.1) is 10.1 Å². The first-order chi connectivity index (χ1) is 12.5. The largest absolute Gasteiger partial charge is 0.304 e. The van der Waals surface area contributed by atoms with E-state index >= 15 is 0 Å². The van der Waals surface area contributed by atoms with Crippen molar-refractivity contribution < 1.29 is 9.72 Å². The molecular formula is C17H12Cl2N4O3. The Labute approximate surface area is 158 Å². The summed E-state index contributed by atoms with van der Waals surface area (Å²) in [6.45, 7) is 0.362. The fourth-order valence-corrected chi connectivity index (χ4v) is 2.76. The number of hydrogen-bond acceptors (Lipinski definition) is 4. The highest BCUT2D eigenvalue weighted by atomic mass is 35.5. The molecule has 0 saturated carbocycles. The Bertz CT molecular complexity index is 988. The molecule has 1 amide bonds. The highest BCUT2D eigenvalue weighted by Crippen LogP contribution is 2.24. The number of nitro benzene ring substituents is 1. The Kier molecular flexibility index (Phi) is 5.20. The highest BCUT2D eigenvalue weighted by Gasteiger charge is 2.21. The second-order valence-electron chi connectivity index (χ2n) is 5.34. The van der Waals surface area contributed by atoms with Crippen LogP contribution in [0.4, 0.5) is 11.5 Å². The standard InChI is InChI=1S/C17H12Cl2N4O3/c18-13-7-3-1-5-11(13)9-22-10-14(19)16(21-22)20-17(24)12-6-2-4-8-15(12)23(25)26/h1-8,10H,9H2,(H,20,21,24). The third-order valence-electron chi connectivity index (χ3n) is 3.58. The van der Waals surface area contributed by atoms with Crippen LogP contribution in [0.25, 0.3) is 0 Å². The minimum absolute atomic E-state index is 0.0748. The van der Waals surface area contributed by atoms with Gasteiger partial charge in [-0.05, 0) is 17.7 Å². The van der Waals surface area contributed by atoms with Crippen LogP contribution >= 0.6 is 23.2 Å². The second-order valence-corrected chi connectivity index (χ2v) is 6.16. The fourth-order valence-electron chi connectivity index (χ4n) is 2.36. The zero-order valence-corrected chi connectivity index (χ0v) is 14.7. The van der Waals surface area contributed by atoms with Crippen molar-refractivity contribution in [1.29, 1.82) is 0 Å². The zero-order chi connectivity index (χ0) is 18.7. The van der Waals surface area contributed by atoms with Crippen LogP contribution in [0.5, 0.6) is 0 Å². The number of para-hydroxylation sites is 1. The smallest absolute Gasteiger partial charge is 0.282 e. The Hall–Kier alpha value is -2.90. The molecule has 3 aromatic rings. The van der Waals surface area contributed by atoms with Gasteiger partial charge in [0.25, 0.3) is 11.6 Å². The van der Waals surface area contributed by atoms with Gasteiger partial charge in [0, 0.05) is 17.3 Å². The number of anilines is 1. The molecule has 0 aliphatic carbocycles. The molecule has 7 nitrogen and oxygen atoms in total. The van der Waals surface area contributed by atoms with Crippen molar-refractivity contribution in [2.75, 3.05) is 5.32 Å². The molecule has 0 bridgehead atoms. The average molecular weight is 391 g/mol. The summed E-state index contributed by atoms with van der Waals surface area (Å²) >= 11 is 12.2. The van der Waals surface area contributed by atoms with E-state index in [1.54, 1.807) is 18.3 Å². The van der Waals surface area contributed by atoms with Gasteiger partial charge in [-0.1, -0.05) is 53.5 Å². The van der Waals surface area contributed by atoms with Crippen molar-refractivity contribution in [3.8, 4) is 0 Å². The van der Waals surface area contributed by atoms with E-state index in [4.69, 9.17) is 23.2 Å². The molecular weight excluding hydrogens is 379 g/mol. The van der Waals surface area contributed by atoms with Crippen molar-refractivity contribution in [3.05, 3.63) is 86.0 Å². The van der Waals surface area contributed by atoms with Crippen molar-refractivity contribution in [1.82, 2.24) is 9.78 Å². The van der Waals surface area contributed by atoms with Crippen LogP contribution < -0.4 is 5.32 Å². The van der Waals surface area contributed by atoms with E-state index in [0.29, 0.717) is 11.6 Å².